The summed E-state index contributed by atoms with van der Waals surface area (Å²) >= 11 is 0. The molecule has 0 aromatic heterocycles. The van der Waals surface area contributed by atoms with Crippen LogP contribution < -0.4 is 19.7 Å². The standard InChI is InChI=1S/C25H28N2O4/c1-15(28)27-19-9-7-6-8-17(19)26-18-13-25(2,3)14-20(29)23(18)24(27)16-10-11-21(30-4)22(12-16)31-5/h6-12,24,26H,13-14H2,1-5H3/t24-/m1/s1. The third-order valence-electron chi connectivity index (χ3n) is 5.96. The fraction of sp³-hybridized carbons (Fsp3) is 0.360. The summed E-state index contributed by atoms with van der Waals surface area (Å²) < 4.78 is 10.9. The fourth-order valence-corrected chi connectivity index (χ4v) is 4.67. The highest BCUT2D eigenvalue weighted by Crippen LogP contribution is 2.49. The summed E-state index contributed by atoms with van der Waals surface area (Å²) in [4.78, 5) is 28.2. The van der Waals surface area contributed by atoms with Crippen LogP contribution in [0.4, 0.5) is 11.4 Å². The molecule has 0 saturated heterocycles. The number of rotatable bonds is 3. The number of methoxy groups -OCH3 is 2. The van der Waals surface area contributed by atoms with E-state index in [4.69, 9.17) is 9.47 Å². The quantitative estimate of drug-likeness (QED) is 0.768. The molecule has 1 aliphatic carbocycles. The SMILES string of the molecule is COc1ccc([C@@H]2C3=C(CC(C)(C)CC3=O)Nc3ccccc3N2C(C)=O)cc1OC. The van der Waals surface area contributed by atoms with E-state index in [1.54, 1.807) is 19.1 Å². The molecular formula is C25H28N2O4. The lowest BCUT2D eigenvalue weighted by Gasteiger charge is -2.37. The molecule has 0 bridgehead atoms. The van der Waals surface area contributed by atoms with Crippen LogP contribution in [0.1, 0.15) is 45.2 Å². The minimum absolute atomic E-state index is 0.0533. The van der Waals surface area contributed by atoms with Gasteiger partial charge in [0.2, 0.25) is 5.91 Å². The maximum atomic E-state index is 13.5. The second-order valence-corrected chi connectivity index (χ2v) is 8.88. The average Bonchev–Trinajstić information content (AvgIpc) is 2.86. The average molecular weight is 421 g/mol. The molecule has 2 aromatic rings. The first-order valence-electron chi connectivity index (χ1n) is 10.4. The molecule has 4 rings (SSSR count). The van der Waals surface area contributed by atoms with Gasteiger partial charge in [-0.25, -0.2) is 0 Å². The number of Topliss-reactive ketones (excluding diaryl/α,β-unsaturated/α-hetero) is 1. The molecule has 2 aliphatic rings. The zero-order valence-electron chi connectivity index (χ0n) is 18.6. The number of para-hydroxylation sites is 2. The van der Waals surface area contributed by atoms with Crippen molar-refractivity contribution in [3.8, 4) is 11.5 Å². The smallest absolute Gasteiger partial charge is 0.224 e. The van der Waals surface area contributed by atoms with E-state index in [0.717, 1.165) is 29.1 Å². The van der Waals surface area contributed by atoms with Crippen molar-refractivity contribution in [3.63, 3.8) is 0 Å². The zero-order chi connectivity index (χ0) is 22.3. The Hall–Kier alpha value is -3.28. The molecule has 0 unspecified atom stereocenters. The molecule has 0 radical (unpaired) electrons. The van der Waals surface area contributed by atoms with Crippen LogP contribution in [-0.4, -0.2) is 25.9 Å². The highest BCUT2D eigenvalue weighted by molar-refractivity contribution is 6.05. The van der Waals surface area contributed by atoms with E-state index in [9.17, 15) is 9.59 Å². The Kier molecular flexibility index (Phi) is 5.25. The first kappa shape index (κ1) is 21.0. The van der Waals surface area contributed by atoms with Crippen molar-refractivity contribution < 1.29 is 19.1 Å². The van der Waals surface area contributed by atoms with Crippen LogP contribution in [0.25, 0.3) is 0 Å². The van der Waals surface area contributed by atoms with Gasteiger partial charge in [0.15, 0.2) is 17.3 Å². The van der Waals surface area contributed by atoms with Crippen LogP contribution in [0.2, 0.25) is 0 Å². The fourth-order valence-electron chi connectivity index (χ4n) is 4.67. The Morgan fingerprint density at radius 3 is 2.45 bits per heavy atom. The maximum Gasteiger partial charge on any atom is 0.224 e. The van der Waals surface area contributed by atoms with Gasteiger partial charge in [-0.1, -0.05) is 32.0 Å². The molecule has 31 heavy (non-hydrogen) atoms. The van der Waals surface area contributed by atoms with E-state index in [2.05, 4.69) is 19.2 Å². The molecule has 1 N–H and O–H groups in total. The van der Waals surface area contributed by atoms with E-state index in [0.29, 0.717) is 23.5 Å². The van der Waals surface area contributed by atoms with Gasteiger partial charge < -0.3 is 14.8 Å². The van der Waals surface area contributed by atoms with Crippen LogP contribution >= 0.6 is 0 Å². The number of nitrogens with one attached hydrogen (secondary N) is 1. The lowest BCUT2D eigenvalue weighted by atomic mass is 9.73. The van der Waals surface area contributed by atoms with Gasteiger partial charge >= 0.3 is 0 Å². The minimum atomic E-state index is -0.563. The Labute approximate surface area is 182 Å². The lowest BCUT2D eigenvalue weighted by molar-refractivity contribution is -0.118. The van der Waals surface area contributed by atoms with Crippen LogP contribution in [0.5, 0.6) is 11.5 Å². The number of amides is 1. The summed E-state index contributed by atoms with van der Waals surface area (Å²) in [5.41, 5.74) is 3.71. The van der Waals surface area contributed by atoms with Gasteiger partial charge in [-0.05, 0) is 41.7 Å². The Balaban J connectivity index is 2.00. The molecule has 6 nitrogen and oxygen atoms in total. The molecule has 2 aromatic carbocycles. The first-order chi connectivity index (χ1) is 14.8. The van der Waals surface area contributed by atoms with Gasteiger partial charge in [-0.2, -0.15) is 0 Å². The monoisotopic (exact) mass is 420 g/mol. The van der Waals surface area contributed by atoms with Crippen LogP contribution in [0, 0.1) is 5.41 Å². The Morgan fingerprint density at radius 2 is 1.77 bits per heavy atom. The van der Waals surface area contributed by atoms with Gasteiger partial charge in [-0.3, -0.25) is 14.5 Å². The highest BCUT2D eigenvalue weighted by atomic mass is 16.5. The van der Waals surface area contributed by atoms with Crippen molar-refractivity contribution >= 4 is 23.1 Å². The molecule has 162 valence electrons. The number of nitrogens with zero attached hydrogens (tertiary/aromatic N) is 1. The molecule has 0 saturated carbocycles. The predicted octanol–water partition coefficient (Wildman–Crippen LogP) is 4.87. The van der Waals surface area contributed by atoms with Crippen molar-refractivity contribution in [2.75, 3.05) is 24.4 Å². The van der Waals surface area contributed by atoms with Crippen LogP contribution in [0.15, 0.2) is 53.7 Å². The van der Waals surface area contributed by atoms with E-state index in [-0.39, 0.29) is 17.1 Å². The normalized spacial score (nSPS) is 19.7. The van der Waals surface area contributed by atoms with Crippen molar-refractivity contribution in [1.29, 1.82) is 0 Å². The van der Waals surface area contributed by atoms with Gasteiger partial charge in [0, 0.05) is 24.6 Å². The first-order valence-corrected chi connectivity index (χ1v) is 10.4. The number of hydrogen-bond acceptors (Lipinski definition) is 5. The van der Waals surface area contributed by atoms with Crippen molar-refractivity contribution in [2.24, 2.45) is 5.41 Å². The molecular weight excluding hydrogens is 392 g/mol. The number of carbonyl (C=O) groups is 2. The molecule has 6 heteroatoms. The molecule has 0 fully saturated rings. The van der Waals surface area contributed by atoms with E-state index >= 15 is 0 Å². The van der Waals surface area contributed by atoms with Crippen LogP contribution in [0.3, 0.4) is 0 Å². The largest absolute Gasteiger partial charge is 0.493 e. The highest BCUT2D eigenvalue weighted by Gasteiger charge is 2.42. The summed E-state index contributed by atoms with van der Waals surface area (Å²) in [6.07, 6.45) is 1.15. The van der Waals surface area contributed by atoms with E-state index in [1.807, 2.05) is 42.5 Å². The number of fused-ring (bicyclic) bond motifs is 1. The van der Waals surface area contributed by atoms with E-state index < -0.39 is 6.04 Å². The molecule has 1 aliphatic heterocycles. The van der Waals surface area contributed by atoms with Crippen LogP contribution in [-0.2, 0) is 9.59 Å². The summed E-state index contributed by atoms with van der Waals surface area (Å²) in [5.74, 6) is 1.07. The summed E-state index contributed by atoms with van der Waals surface area (Å²) in [5, 5.41) is 3.49. The Morgan fingerprint density at radius 1 is 1.06 bits per heavy atom. The molecule has 1 heterocycles. The van der Waals surface area contributed by atoms with Gasteiger partial charge in [0.1, 0.15) is 0 Å². The maximum absolute atomic E-state index is 13.5. The molecule has 1 amide bonds. The molecule has 0 spiro atoms. The number of carbonyl (C=O) groups excluding carboxylic acids is 2. The summed E-state index contributed by atoms with van der Waals surface area (Å²) in [7, 11) is 3.16. The Bertz CT molecular complexity index is 1090. The van der Waals surface area contributed by atoms with Gasteiger partial charge in [0.05, 0.1) is 31.6 Å². The third kappa shape index (κ3) is 3.67. The number of ether oxygens (including phenoxy) is 2. The number of hydrogen-bond donors (Lipinski definition) is 1. The molecule has 1 atom stereocenters. The summed E-state index contributed by atoms with van der Waals surface area (Å²) in [6, 6.07) is 12.7. The number of benzene rings is 2. The number of ketones is 1. The van der Waals surface area contributed by atoms with Crippen molar-refractivity contribution in [1.82, 2.24) is 0 Å². The number of anilines is 2. The van der Waals surface area contributed by atoms with Crippen molar-refractivity contribution in [2.45, 2.75) is 39.7 Å². The zero-order valence-corrected chi connectivity index (χ0v) is 18.6. The van der Waals surface area contributed by atoms with E-state index in [1.165, 1.54) is 6.92 Å². The van der Waals surface area contributed by atoms with Crippen molar-refractivity contribution in [3.05, 3.63) is 59.3 Å². The summed E-state index contributed by atoms with van der Waals surface area (Å²) in [6.45, 7) is 5.73. The number of allylic oxidation sites excluding steroid dienone is 1. The lowest BCUT2D eigenvalue weighted by Crippen LogP contribution is -2.38. The second-order valence-electron chi connectivity index (χ2n) is 8.88. The van der Waals surface area contributed by atoms with Gasteiger partial charge in [0.25, 0.3) is 0 Å². The second kappa shape index (κ2) is 7.76. The minimum Gasteiger partial charge on any atom is -0.493 e. The topological polar surface area (TPSA) is 67.9 Å². The van der Waals surface area contributed by atoms with Gasteiger partial charge in [-0.15, -0.1) is 0 Å². The third-order valence-corrected chi connectivity index (χ3v) is 5.96. The predicted molar refractivity (Wildman–Crippen MR) is 121 cm³/mol.